The molecule has 1 fully saturated rings. The Morgan fingerprint density at radius 2 is 1.90 bits per heavy atom. The van der Waals surface area contributed by atoms with Gasteiger partial charge in [-0.3, -0.25) is 0 Å². The van der Waals surface area contributed by atoms with Gasteiger partial charge < -0.3 is 16.2 Å². The van der Waals surface area contributed by atoms with E-state index in [2.05, 4.69) is 5.32 Å². The van der Waals surface area contributed by atoms with Crippen molar-refractivity contribution in [1.29, 1.82) is 0 Å². The molecule has 30 heavy (non-hydrogen) atoms. The second kappa shape index (κ2) is 8.69. The average Bonchev–Trinajstić information content (AvgIpc) is 3.45. The Morgan fingerprint density at radius 1 is 1.20 bits per heavy atom. The molecule has 3 rings (SSSR count). The molecule has 0 heterocycles. The third kappa shape index (κ3) is 5.42. The maximum atomic E-state index is 14.4. The minimum atomic E-state index is -1.96. The number of aliphatic hydroxyl groups is 1. The fourth-order valence-electron chi connectivity index (χ4n) is 3.87. The molecule has 0 bridgehead atoms. The fourth-order valence-corrected chi connectivity index (χ4v) is 3.87. The zero-order valence-corrected chi connectivity index (χ0v) is 17.8. The standard InChI is InChI=1S/C24H31F3N2O/c1-15-9-16(11-19(25)10-15)12-20(28)21(30)14-29-24(7-8-24)18-6-4-5-17(13-18)22(26)23(2,3)27/h4-6,9-11,13,20-22,29-30H,7-8,12,14,28H2,1-3H3. The number of hydrogen-bond donors (Lipinski definition) is 3. The number of nitrogens with one attached hydrogen (secondary N) is 1. The smallest absolute Gasteiger partial charge is 0.158 e. The molecular formula is C24H31F3N2O. The first kappa shape index (κ1) is 22.8. The maximum Gasteiger partial charge on any atom is 0.158 e. The highest BCUT2D eigenvalue weighted by Crippen LogP contribution is 2.46. The number of nitrogens with two attached hydrogens (primary N) is 1. The molecule has 1 saturated carbocycles. The van der Waals surface area contributed by atoms with Crippen molar-refractivity contribution in [3.05, 3.63) is 70.5 Å². The van der Waals surface area contributed by atoms with Crippen LogP contribution in [0.15, 0.2) is 42.5 Å². The van der Waals surface area contributed by atoms with Crippen molar-refractivity contribution >= 4 is 0 Å². The number of halogens is 3. The highest BCUT2D eigenvalue weighted by atomic mass is 19.2. The van der Waals surface area contributed by atoms with Crippen LogP contribution >= 0.6 is 0 Å². The summed E-state index contributed by atoms with van der Waals surface area (Å²) < 4.78 is 42.0. The molecule has 2 aromatic carbocycles. The van der Waals surface area contributed by atoms with Crippen molar-refractivity contribution in [3.63, 3.8) is 0 Å². The Hall–Kier alpha value is -1.89. The minimum Gasteiger partial charge on any atom is -0.390 e. The summed E-state index contributed by atoms with van der Waals surface area (Å²) in [5.74, 6) is -0.316. The third-order valence-corrected chi connectivity index (χ3v) is 5.80. The summed E-state index contributed by atoms with van der Waals surface area (Å²) >= 11 is 0. The van der Waals surface area contributed by atoms with Crippen LogP contribution in [0, 0.1) is 12.7 Å². The Morgan fingerprint density at radius 3 is 2.50 bits per heavy atom. The molecule has 0 aliphatic heterocycles. The highest BCUT2D eigenvalue weighted by molar-refractivity contribution is 5.35. The van der Waals surface area contributed by atoms with Crippen LogP contribution in [-0.2, 0) is 12.0 Å². The monoisotopic (exact) mass is 420 g/mol. The van der Waals surface area contributed by atoms with Crippen molar-refractivity contribution < 1.29 is 18.3 Å². The average molecular weight is 421 g/mol. The van der Waals surface area contributed by atoms with Gasteiger partial charge in [-0.05, 0) is 74.4 Å². The number of benzene rings is 2. The van der Waals surface area contributed by atoms with Gasteiger partial charge in [-0.25, -0.2) is 13.2 Å². The summed E-state index contributed by atoms with van der Waals surface area (Å²) in [5.41, 5.74) is 6.58. The third-order valence-electron chi connectivity index (χ3n) is 5.80. The molecule has 3 nitrogen and oxygen atoms in total. The number of alkyl halides is 2. The summed E-state index contributed by atoms with van der Waals surface area (Å²) in [6.07, 6.45) is -0.483. The van der Waals surface area contributed by atoms with Gasteiger partial charge in [0.25, 0.3) is 0 Å². The summed E-state index contributed by atoms with van der Waals surface area (Å²) in [7, 11) is 0. The van der Waals surface area contributed by atoms with E-state index in [0.29, 0.717) is 12.0 Å². The summed E-state index contributed by atoms with van der Waals surface area (Å²) in [6.45, 7) is 4.53. The van der Waals surface area contributed by atoms with Crippen LogP contribution in [0.2, 0.25) is 0 Å². The van der Waals surface area contributed by atoms with E-state index in [1.807, 2.05) is 19.1 Å². The Balaban J connectivity index is 1.62. The van der Waals surface area contributed by atoms with Gasteiger partial charge in [0.15, 0.2) is 6.17 Å². The van der Waals surface area contributed by atoms with Crippen molar-refractivity contribution in [2.45, 2.75) is 69.6 Å². The predicted molar refractivity (Wildman–Crippen MR) is 113 cm³/mol. The number of aryl methyl sites for hydroxylation is 1. The van der Waals surface area contributed by atoms with Crippen molar-refractivity contribution in [2.24, 2.45) is 5.73 Å². The van der Waals surface area contributed by atoms with Gasteiger partial charge in [0, 0.05) is 18.1 Å². The van der Waals surface area contributed by atoms with Crippen LogP contribution in [0.25, 0.3) is 0 Å². The van der Waals surface area contributed by atoms with Crippen molar-refractivity contribution in [2.75, 3.05) is 6.54 Å². The lowest BCUT2D eigenvalue weighted by atomic mass is 9.93. The quantitative estimate of drug-likeness (QED) is 0.564. The van der Waals surface area contributed by atoms with Gasteiger partial charge in [0.2, 0.25) is 0 Å². The first-order valence-corrected chi connectivity index (χ1v) is 10.4. The number of hydrogen-bond acceptors (Lipinski definition) is 3. The molecule has 0 radical (unpaired) electrons. The van der Waals surface area contributed by atoms with Crippen molar-refractivity contribution in [1.82, 2.24) is 5.32 Å². The maximum absolute atomic E-state index is 14.4. The van der Waals surface area contributed by atoms with E-state index >= 15 is 0 Å². The summed E-state index contributed by atoms with van der Waals surface area (Å²) in [6, 6.07) is 11.1. The first-order chi connectivity index (χ1) is 14.0. The highest BCUT2D eigenvalue weighted by Gasteiger charge is 2.45. The molecule has 0 spiro atoms. The molecule has 4 N–H and O–H groups in total. The fraction of sp³-hybridized carbons (Fsp3) is 0.500. The van der Waals surface area contributed by atoms with Gasteiger partial charge in [-0.2, -0.15) is 0 Å². The van der Waals surface area contributed by atoms with Gasteiger partial charge >= 0.3 is 0 Å². The van der Waals surface area contributed by atoms with Crippen molar-refractivity contribution in [3.8, 4) is 0 Å². The van der Waals surface area contributed by atoms with E-state index in [1.165, 1.54) is 26.0 Å². The van der Waals surface area contributed by atoms with Crippen LogP contribution in [0.3, 0.4) is 0 Å². The van der Waals surface area contributed by atoms with E-state index in [0.717, 1.165) is 29.5 Å². The second-order valence-electron chi connectivity index (χ2n) is 9.09. The molecule has 164 valence electrons. The first-order valence-electron chi connectivity index (χ1n) is 10.4. The Bertz CT molecular complexity index is 857. The second-order valence-corrected chi connectivity index (χ2v) is 9.09. The molecule has 6 heteroatoms. The van der Waals surface area contributed by atoms with Crippen LogP contribution in [0.5, 0.6) is 0 Å². The van der Waals surface area contributed by atoms with E-state index in [4.69, 9.17) is 5.73 Å². The van der Waals surface area contributed by atoms with E-state index < -0.39 is 24.0 Å². The topological polar surface area (TPSA) is 58.3 Å². The van der Waals surface area contributed by atoms with E-state index in [1.54, 1.807) is 18.2 Å². The molecule has 0 saturated heterocycles. The van der Waals surface area contributed by atoms with E-state index in [9.17, 15) is 18.3 Å². The molecule has 1 aliphatic carbocycles. The van der Waals surface area contributed by atoms with Gasteiger partial charge in [-0.15, -0.1) is 0 Å². The van der Waals surface area contributed by atoms with Gasteiger partial charge in [0.1, 0.15) is 11.5 Å². The molecule has 3 unspecified atom stereocenters. The number of aliphatic hydroxyl groups excluding tert-OH is 1. The van der Waals surface area contributed by atoms with Crippen LogP contribution in [0.4, 0.5) is 13.2 Å². The molecular weight excluding hydrogens is 389 g/mol. The minimum absolute atomic E-state index is 0.257. The lowest BCUT2D eigenvalue weighted by Gasteiger charge is -2.25. The lowest BCUT2D eigenvalue weighted by molar-refractivity contribution is 0.0851. The predicted octanol–water partition coefficient (Wildman–Crippen LogP) is 4.40. The van der Waals surface area contributed by atoms with Gasteiger partial charge in [-0.1, -0.05) is 30.3 Å². The van der Waals surface area contributed by atoms with Gasteiger partial charge in [0.05, 0.1) is 6.10 Å². The van der Waals surface area contributed by atoms with Crippen LogP contribution in [0.1, 0.15) is 55.1 Å². The zero-order valence-electron chi connectivity index (χ0n) is 17.8. The summed E-state index contributed by atoms with van der Waals surface area (Å²) in [4.78, 5) is 0. The molecule has 1 aliphatic rings. The van der Waals surface area contributed by atoms with E-state index in [-0.39, 0.29) is 17.9 Å². The molecule has 0 aromatic heterocycles. The Labute approximate surface area is 176 Å². The SMILES string of the molecule is Cc1cc(F)cc(CC(N)C(O)CNC2(c3cccc(C(F)C(C)(C)F)c3)CC2)c1. The molecule has 2 aromatic rings. The molecule has 0 amide bonds. The van der Waals surface area contributed by atoms with Crippen LogP contribution < -0.4 is 11.1 Å². The largest absolute Gasteiger partial charge is 0.390 e. The zero-order chi connectivity index (χ0) is 22.1. The normalized spacial score (nSPS) is 18.7. The number of rotatable bonds is 9. The van der Waals surface area contributed by atoms with Crippen LogP contribution in [-0.4, -0.2) is 29.5 Å². The molecule has 3 atom stereocenters. The Kier molecular flexibility index (Phi) is 6.60. The lowest BCUT2D eigenvalue weighted by Crippen LogP contribution is -2.45. The summed E-state index contributed by atoms with van der Waals surface area (Å²) in [5, 5.41) is 13.9.